The van der Waals surface area contributed by atoms with Gasteiger partial charge >= 0.3 is 0 Å². The first kappa shape index (κ1) is 21.3. The molecule has 0 unspecified atom stereocenters. The summed E-state index contributed by atoms with van der Waals surface area (Å²) in [7, 11) is 0. The molecule has 2 N–H and O–H groups in total. The third-order valence-corrected chi connectivity index (χ3v) is 5.37. The van der Waals surface area contributed by atoms with E-state index in [1.165, 1.54) is 18.5 Å². The molecule has 6 nitrogen and oxygen atoms in total. The van der Waals surface area contributed by atoms with Gasteiger partial charge in [0, 0.05) is 36.2 Å². The van der Waals surface area contributed by atoms with Gasteiger partial charge in [-0.2, -0.15) is 5.26 Å². The number of hydrogen-bond acceptors (Lipinski definition) is 5. The predicted octanol–water partition coefficient (Wildman–Crippen LogP) is 4.79. The van der Waals surface area contributed by atoms with Crippen molar-refractivity contribution in [2.24, 2.45) is 0 Å². The lowest BCUT2D eigenvalue weighted by Crippen LogP contribution is -2.22. The standard InChI is InChI=1S/C26H26N4O2/c27-17-20-5-3-6-21(15-20)19-32-25-8-4-7-23(16-25)28-18-26(31)29-22-9-11-24(12-10-22)30-13-1-2-14-30/h3-12,15-16,28H,1-2,13-14,18-19H2,(H,29,31). The smallest absolute Gasteiger partial charge is 0.243 e. The Morgan fingerprint density at radius 1 is 0.969 bits per heavy atom. The SMILES string of the molecule is N#Cc1cccc(COc2cccc(NCC(=O)Nc3ccc(N4CCCC4)cc3)c2)c1. The van der Waals surface area contributed by atoms with Crippen LogP contribution in [-0.4, -0.2) is 25.5 Å². The summed E-state index contributed by atoms with van der Waals surface area (Å²) in [6, 6.07) is 25.0. The number of hydrogen-bond donors (Lipinski definition) is 2. The molecule has 1 fully saturated rings. The number of carbonyl (C=O) groups is 1. The first-order chi connectivity index (χ1) is 15.7. The molecule has 0 bridgehead atoms. The summed E-state index contributed by atoms with van der Waals surface area (Å²) in [4.78, 5) is 14.7. The van der Waals surface area contributed by atoms with Crippen molar-refractivity contribution in [3.8, 4) is 11.8 Å². The maximum atomic E-state index is 12.3. The van der Waals surface area contributed by atoms with Crippen molar-refractivity contribution in [1.29, 1.82) is 5.26 Å². The van der Waals surface area contributed by atoms with Gasteiger partial charge in [-0.25, -0.2) is 0 Å². The zero-order valence-corrected chi connectivity index (χ0v) is 17.9. The van der Waals surface area contributed by atoms with E-state index in [0.717, 1.165) is 30.0 Å². The molecule has 0 aromatic heterocycles. The fourth-order valence-corrected chi connectivity index (χ4v) is 3.71. The van der Waals surface area contributed by atoms with E-state index >= 15 is 0 Å². The Morgan fingerprint density at radius 3 is 2.53 bits per heavy atom. The molecule has 3 aromatic rings. The molecule has 1 amide bonds. The summed E-state index contributed by atoms with van der Waals surface area (Å²) < 4.78 is 5.83. The molecule has 1 aliphatic rings. The van der Waals surface area contributed by atoms with E-state index in [1.54, 1.807) is 6.07 Å². The van der Waals surface area contributed by atoms with Gasteiger partial charge in [-0.1, -0.05) is 18.2 Å². The zero-order valence-electron chi connectivity index (χ0n) is 17.9. The molecule has 32 heavy (non-hydrogen) atoms. The summed E-state index contributed by atoms with van der Waals surface area (Å²) in [5, 5.41) is 15.1. The molecule has 162 valence electrons. The van der Waals surface area contributed by atoms with Crippen LogP contribution in [0.1, 0.15) is 24.0 Å². The fourth-order valence-electron chi connectivity index (χ4n) is 3.71. The summed E-state index contributed by atoms with van der Waals surface area (Å²) in [6.07, 6.45) is 2.48. The maximum Gasteiger partial charge on any atom is 0.243 e. The minimum Gasteiger partial charge on any atom is -0.489 e. The van der Waals surface area contributed by atoms with Gasteiger partial charge < -0.3 is 20.3 Å². The molecule has 0 atom stereocenters. The maximum absolute atomic E-state index is 12.3. The topological polar surface area (TPSA) is 77.4 Å². The number of benzene rings is 3. The first-order valence-electron chi connectivity index (χ1n) is 10.8. The third kappa shape index (κ3) is 5.79. The Kier molecular flexibility index (Phi) is 6.88. The highest BCUT2D eigenvalue weighted by Gasteiger charge is 2.12. The van der Waals surface area contributed by atoms with E-state index in [4.69, 9.17) is 10.00 Å². The summed E-state index contributed by atoms with van der Waals surface area (Å²) in [5.41, 5.74) is 4.33. The van der Waals surface area contributed by atoms with Crippen LogP contribution in [0.2, 0.25) is 0 Å². The summed E-state index contributed by atoms with van der Waals surface area (Å²) >= 11 is 0. The second-order valence-corrected chi connectivity index (χ2v) is 7.77. The lowest BCUT2D eigenvalue weighted by atomic mass is 10.1. The van der Waals surface area contributed by atoms with Gasteiger partial charge in [-0.15, -0.1) is 0 Å². The van der Waals surface area contributed by atoms with Gasteiger partial charge in [0.15, 0.2) is 0 Å². The molecular formula is C26H26N4O2. The minimum atomic E-state index is -0.112. The highest BCUT2D eigenvalue weighted by molar-refractivity contribution is 5.93. The van der Waals surface area contributed by atoms with Gasteiger partial charge in [-0.05, 0) is 66.9 Å². The molecular weight excluding hydrogens is 400 g/mol. The van der Waals surface area contributed by atoms with Crippen LogP contribution in [0.3, 0.4) is 0 Å². The highest BCUT2D eigenvalue weighted by Crippen LogP contribution is 2.22. The van der Waals surface area contributed by atoms with Crippen LogP contribution in [0.15, 0.2) is 72.8 Å². The molecule has 1 heterocycles. The van der Waals surface area contributed by atoms with E-state index < -0.39 is 0 Å². The van der Waals surface area contributed by atoms with Gasteiger partial charge in [0.05, 0.1) is 18.2 Å². The van der Waals surface area contributed by atoms with Crippen LogP contribution in [0.25, 0.3) is 0 Å². The van der Waals surface area contributed by atoms with Crippen molar-refractivity contribution >= 4 is 23.0 Å². The first-order valence-corrected chi connectivity index (χ1v) is 10.8. The zero-order chi connectivity index (χ0) is 22.2. The van der Waals surface area contributed by atoms with Crippen LogP contribution in [0.4, 0.5) is 17.1 Å². The molecule has 0 aliphatic carbocycles. The van der Waals surface area contributed by atoms with Crippen molar-refractivity contribution in [3.63, 3.8) is 0 Å². The van der Waals surface area contributed by atoms with Crippen LogP contribution < -0.4 is 20.3 Å². The molecule has 0 saturated carbocycles. The third-order valence-electron chi connectivity index (χ3n) is 5.37. The molecule has 1 aliphatic heterocycles. The summed E-state index contributed by atoms with van der Waals surface area (Å²) in [5.74, 6) is 0.578. The van der Waals surface area contributed by atoms with E-state index in [0.29, 0.717) is 17.9 Å². The van der Waals surface area contributed by atoms with Gasteiger partial charge in [0.1, 0.15) is 12.4 Å². The number of nitriles is 1. The Morgan fingerprint density at radius 2 is 1.75 bits per heavy atom. The second-order valence-electron chi connectivity index (χ2n) is 7.77. The van der Waals surface area contributed by atoms with Crippen LogP contribution in [-0.2, 0) is 11.4 Å². The molecule has 3 aromatic carbocycles. The lowest BCUT2D eigenvalue weighted by Gasteiger charge is -2.17. The lowest BCUT2D eigenvalue weighted by molar-refractivity contribution is -0.114. The van der Waals surface area contributed by atoms with Crippen LogP contribution >= 0.6 is 0 Å². The number of rotatable bonds is 8. The van der Waals surface area contributed by atoms with Crippen molar-refractivity contribution in [2.45, 2.75) is 19.4 Å². The number of nitrogens with one attached hydrogen (secondary N) is 2. The van der Waals surface area contributed by atoms with Gasteiger partial charge in [0.25, 0.3) is 0 Å². The average Bonchev–Trinajstić information content (AvgIpc) is 3.37. The van der Waals surface area contributed by atoms with Crippen LogP contribution in [0, 0.1) is 11.3 Å². The van der Waals surface area contributed by atoms with Crippen LogP contribution in [0.5, 0.6) is 5.75 Å². The van der Waals surface area contributed by atoms with Gasteiger partial charge in [-0.3, -0.25) is 4.79 Å². The number of nitrogens with zero attached hydrogens (tertiary/aromatic N) is 2. The van der Waals surface area contributed by atoms with Crippen molar-refractivity contribution in [2.75, 3.05) is 35.2 Å². The van der Waals surface area contributed by atoms with E-state index in [1.807, 2.05) is 54.6 Å². The number of carbonyl (C=O) groups excluding carboxylic acids is 1. The molecule has 4 rings (SSSR count). The van der Waals surface area contributed by atoms with Crippen molar-refractivity contribution < 1.29 is 9.53 Å². The van der Waals surface area contributed by atoms with E-state index in [9.17, 15) is 4.79 Å². The number of amides is 1. The predicted molar refractivity (Wildman–Crippen MR) is 127 cm³/mol. The van der Waals surface area contributed by atoms with E-state index in [2.05, 4.69) is 33.7 Å². The van der Waals surface area contributed by atoms with Gasteiger partial charge in [0.2, 0.25) is 5.91 Å². The quantitative estimate of drug-likeness (QED) is 0.542. The normalized spacial score (nSPS) is 12.8. The molecule has 0 radical (unpaired) electrons. The Labute approximate surface area is 188 Å². The molecule has 1 saturated heterocycles. The largest absolute Gasteiger partial charge is 0.489 e. The fraction of sp³-hybridized carbons (Fsp3) is 0.231. The monoisotopic (exact) mass is 426 g/mol. The van der Waals surface area contributed by atoms with Crippen molar-refractivity contribution in [3.05, 3.63) is 83.9 Å². The average molecular weight is 427 g/mol. The second kappa shape index (κ2) is 10.4. The number of ether oxygens (including phenoxy) is 1. The minimum absolute atomic E-state index is 0.112. The highest BCUT2D eigenvalue weighted by atomic mass is 16.5. The van der Waals surface area contributed by atoms with E-state index in [-0.39, 0.29) is 12.5 Å². The Bertz CT molecular complexity index is 1100. The number of anilines is 3. The summed E-state index contributed by atoms with van der Waals surface area (Å²) in [6.45, 7) is 2.73. The van der Waals surface area contributed by atoms with Crippen molar-refractivity contribution in [1.82, 2.24) is 0 Å². The Balaban J connectivity index is 1.26. The Hall–Kier alpha value is -3.98. The molecule has 0 spiro atoms. The molecule has 6 heteroatoms.